The molecule has 1 N–H and O–H groups in total. The molecule has 176 valence electrons. The fourth-order valence-corrected chi connectivity index (χ4v) is 4.39. The average Bonchev–Trinajstić information content (AvgIpc) is 3.26. The Morgan fingerprint density at radius 3 is 2.61 bits per heavy atom. The van der Waals surface area contributed by atoms with E-state index in [0.29, 0.717) is 31.6 Å². The van der Waals surface area contributed by atoms with Gasteiger partial charge in [0.1, 0.15) is 12.4 Å². The van der Waals surface area contributed by atoms with Gasteiger partial charge >= 0.3 is 6.01 Å². The second kappa shape index (κ2) is 10.5. The summed E-state index contributed by atoms with van der Waals surface area (Å²) >= 11 is 0. The summed E-state index contributed by atoms with van der Waals surface area (Å²) in [5, 5.41) is 4.71. The lowest BCUT2D eigenvalue weighted by atomic mass is 10.1. The highest BCUT2D eigenvalue weighted by Gasteiger charge is 2.19. The van der Waals surface area contributed by atoms with Crippen molar-refractivity contribution in [3.05, 3.63) is 41.0 Å². The Hall–Kier alpha value is -2.75. The summed E-state index contributed by atoms with van der Waals surface area (Å²) in [6.45, 7) is 9.88. The minimum absolute atomic E-state index is 0.373. The van der Waals surface area contributed by atoms with E-state index in [1.807, 2.05) is 6.07 Å². The molecule has 2 aliphatic heterocycles. The molecule has 3 heterocycles. The van der Waals surface area contributed by atoms with Crippen LogP contribution in [0.2, 0.25) is 0 Å². The Kier molecular flexibility index (Phi) is 6.99. The minimum atomic E-state index is 0.373. The Labute approximate surface area is 194 Å². The highest BCUT2D eigenvalue weighted by atomic mass is 16.5. The van der Waals surface area contributed by atoms with E-state index in [4.69, 9.17) is 19.3 Å². The molecule has 3 aliphatic rings. The maximum atomic E-state index is 5.97. The van der Waals surface area contributed by atoms with Gasteiger partial charge in [0.25, 0.3) is 0 Å². The highest BCUT2D eigenvalue weighted by molar-refractivity contribution is 6.04. The maximum Gasteiger partial charge on any atom is 0.320 e. The van der Waals surface area contributed by atoms with E-state index in [2.05, 4.69) is 50.3 Å². The number of fused-ring (bicyclic) bond motifs is 1. The fraction of sp³-hybridized carbons (Fsp3) is 0.542. The predicted octanol–water partition coefficient (Wildman–Crippen LogP) is 2.10. The van der Waals surface area contributed by atoms with E-state index in [-0.39, 0.29) is 0 Å². The molecule has 0 saturated carbocycles. The molecule has 0 atom stereocenters. The molecule has 0 spiro atoms. The first-order valence-corrected chi connectivity index (χ1v) is 11.8. The molecule has 0 unspecified atom stereocenters. The molecular weight excluding hydrogens is 420 g/mol. The van der Waals surface area contributed by atoms with Crippen LogP contribution >= 0.6 is 0 Å². The molecule has 1 aromatic carbocycles. The number of nitrogens with zero attached hydrogens (tertiary/aromatic N) is 5. The number of rotatable bonds is 7. The van der Waals surface area contributed by atoms with E-state index in [1.54, 1.807) is 0 Å². The van der Waals surface area contributed by atoms with Crippen LogP contribution in [0.5, 0.6) is 6.01 Å². The number of benzene rings is 1. The molecule has 1 aromatic heterocycles. The molecule has 2 fully saturated rings. The van der Waals surface area contributed by atoms with E-state index < -0.39 is 0 Å². The van der Waals surface area contributed by atoms with Crippen LogP contribution in [0.4, 0.5) is 11.6 Å². The Morgan fingerprint density at radius 2 is 1.79 bits per heavy atom. The lowest BCUT2D eigenvalue weighted by molar-refractivity contribution is 0.0317. The molecule has 0 bridgehead atoms. The number of hydrogen-bond acceptors (Lipinski definition) is 9. The van der Waals surface area contributed by atoms with E-state index in [0.717, 1.165) is 70.3 Å². The van der Waals surface area contributed by atoms with Crippen LogP contribution in [0.25, 0.3) is 0 Å². The van der Waals surface area contributed by atoms with Gasteiger partial charge in [-0.2, -0.15) is 15.1 Å². The number of aryl methyl sites for hydroxylation is 2. The van der Waals surface area contributed by atoms with Gasteiger partial charge in [-0.05, 0) is 31.4 Å². The predicted molar refractivity (Wildman–Crippen MR) is 127 cm³/mol. The molecule has 5 rings (SSSR count). The van der Waals surface area contributed by atoms with Crippen molar-refractivity contribution in [2.75, 3.05) is 76.1 Å². The number of anilines is 2. The molecule has 9 heteroatoms. The summed E-state index contributed by atoms with van der Waals surface area (Å²) in [7, 11) is 0. The summed E-state index contributed by atoms with van der Waals surface area (Å²) in [6, 6.07) is 8.89. The zero-order chi connectivity index (χ0) is 22.5. The molecule has 33 heavy (non-hydrogen) atoms. The lowest BCUT2D eigenvalue weighted by Gasteiger charge is -2.28. The Morgan fingerprint density at radius 1 is 1.00 bits per heavy atom. The van der Waals surface area contributed by atoms with Crippen LogP contribution in [-0.2, 0) is 15.9 Å². The Balaban J connectivity index is 1.31. The standard InChI is InChI=1S/C24H32N6O3/c1-18-2-3-19-4-5-21(20(19)16-18)27-28-22-17-23(30-9-13-32-14-10-30)26-24(25-22)33-15-8-29-6-11-31-12-7-29/h2-3,16-17H,4-15H2,1H3,(H,25,26,28)/b27-21+. The van der Waals surface area contributed by atoms with Crippen molar-refractivity contribution in [2.24, 2.45) is 5.10 Å². The monoisotopic (exact) mass is 452 g/mol. The summed E-state index contributed by atoms with van der Waals surface area (Å²) in [5.74, 6) is 1.47. The first kappa shape index (κ1) is 22.1. The molecule has 1 aliphatic carbocycles. The van der Waals surface area contributed by atoms with Gasteiger partial charge in [0.05, 0.1) is 32.1 Å². The highest BCUT2D eigenvalue weighted by Crippen LogP contribution is 2.25. The normalized spacial score (nSPS) is 20.2. The third kappa shape index (κ3) is 5.61. The topological polar surface area (TPSA) is 84.3 Å². The van der Waals surface area contributed by atoms with Crippen molar-refractivity contribution < 1.29 is 14.2 Å². The summed E-state index contributed by atoms with van der Waals surface area (Å²) in [6.07, 6.45) is 1.95. The number of hydrazone groups is 1. The van der Waals surface area contributed by atoms with Gasteiger partial charge in [-0.25, -0.2) is 0 Å². The molecular formula is C24H32N6O3. The fourth-order valence-electron chi connectivity index (χ4n) is 4.39. The van der Waals surface area contributed by atoms with Gasteiger partial charge in [-0.15, -0.1) is 0 Å². The van der Waals surface area contributed by atoms with Crippen molar-refractivity contribution in [1.82, 2.24) is 14.9 Å². The van der Waals surface area contributed by atoms with Crippen LogP contribution in [0, 0.1) is 6.92 Å². The van der Waals surface area contributed by atoms with Gasteiger partial charge < -0.3 is 19.1 Å². The number of ether oxygens (including phenoxy) is 3. The Bertz CT molecular complexity index is 986. The second-order valence-corrected chi connectivity index (χ2v) is 8.63. The number of morpholine rings is 2. The van der Waals surface area contributed by atoms with Crippen LogP contribution in [0.15, 0.2) is 29.4 Å². The second-order valence-electron chi connectivity index (χ2n) is 8.63. The number of hydrogen-bond donors (Lipinski definition) is 1. The quantitative estimate of drug-likeness (QED) is 0.640. The minimum Gasteiger partial charge on any atom is -0.462 e. The number of aromatic nitrogens is 2. The van der Waals surface area contributed by atoms with Crippen molar-refractivity contribution in [1.29, 1.82) is 0 Å². The largest absolute Gasteiger partial charge is 0.462 e. The first-order valence-electron chi connectivity index (χ1n) is 11.8. The van der Waals surface area contributed by atoms with Crippen molar-refractivity contribution >= 4 is 17.3 Å². The van der Waals surface area contributed by atoms with Gasteiger partial charge in [-0.3, -0.25) is 10.3 Å². The molecule has 2 aromatic rings. The molecule has 9 nitrogen and oxygen atoms in total. The van der Waals surface area contributed by atoms with Crippen molar-refractivity contribution in [3.63, 3.8) is 0 Å². The average molecular weight is 453 g/mol. The first-order chi connectivity index (χ1) is 16.2. The third-order valence-electron chi connectivity index (χ3n) is 6.28. The van der Waals surface area contributed by atoms with Crippen LogP contribution in [0.3, 0.4) is 0 Å². The van der Waals surface area contributed by atoms with Crippen molar-refractivity contribution in [3.8, 4) is 6.01 Å². The van der Waals surface area contributed by atoms with Crippen LogP contribution in [0.1, 0.15) is 23.1 Å². The zero-order valence-corrected chi connectivity index (χ0v) is 19.3. The molecule has 2 saturated heterocycles. The van der Waals surface area contributed by atoms with Gasteiger partial charge in [-0.1, -0.05) is 17.7 Å². The van der Waals surface area contributed by atoms with Gasteiger partial charge in [0.15, 0.2) is 5.82 Å². The summed E-state index contributed by atoms with van der Waals surface area (Å²) < 4.78 is 16.9. The van der Waals surface area contributed by atoms with Crippen LogP contribution in [-0.4, -0.2) is 86.3 Å². The lowest BCUT2D eigenvalue weighted by Crippen LogP contribution is -2.39. The van der Waals surface area contributed by atoms with E-state index in [1.165, 1.54) is 16.7 Å². The molecule has 0 radical (unpaired) electrons. The zero-order valence-electron chi connectivity index (χ0n) is 19.3. The molecule has 0 amide bonds. The summed E-state index contributed by atoms with van der Waals surface area (Å²) in [4.78, 5) is 13.8. The summed E-state index contributed by atoms with van der Waals surface area (Å²) in [5.41, 5.74) is 8.07. The smallest absolute Gasteiger partial charge is 0.320 e. The van der Waals surface area contributed by atoms with Crippen LogP contribution < -0.4 is 15.1 Å². The van der Waals surface area contributed by atoms with Gasteiger partial charge in [0.2, 0.25) is 0 Å². The van der Waals surface area contributed by atoms with Crippen molar-refractivity contribution in [2.45, 2.75) is 19.8 Å². The van der Waals surface area contributed by atoms with Gasteiger partial charge in [0, 0.05) is 44.4 Å². The van der Waals surface area contributed by atoms with E-state index >= 15 is 0 Å². The maximum absolute atomic E-state index is 5.97. The SMILES string of the molecule is Cc1ccc2c(c1)/C(=N/Nc1cc(N3CCOCC3)nc(OCCN3CCOCC3)n1)CC2. The van der Waals surface area contributed by atoms with E-state index in [9.17, 15) is 0 Å². The third-order valence-corrected chi connectivity index (χ3v) is 6.28. The number of nitrogens with one attached hydrogen (secondary N) is 1.